The summed E-state index contributed by atoms with van der Waals surface area (Å²) in [6.45, 7) is -0.326. The molecular formula is C33H24F6O3S2. The van der Waals surface area contributed by atoms with Crippen LogP contribution in [-0.4, -0.2) is 10.9 Å². The molecule has 0 unspecified atom stereocenters. The van der Waals surface area contributed by atoms with Crippen LogP contribution in [0.3, 0.4) is 0 Å². The Kier molecular flexibility index (Phi) is 9.28. The molecule has 2 heterocycles. The van der Waals surface area contributed by atoms with Crippen molar-refractivity contribution in [3.63, 3.8) is 0 Å². The van der Waals surface area contributed by atoms with Gasteiger partial charge in [0.15, 0.2) is 5.78 Å². The van der Waals surface area contributed by atoms with Crippen molar-refractivity contribution in [3.05, 3.63) is 122 Å². The van der Waals surface area contributed by atoms with Gasteiger partial charge in [0.05, 0.1) is 6.61 Å². The van der Waals surface area contributed by atoms with Gasteiger partial charge in [-0.1, -0.05) is 60.7 Å². The molecule has 0 amide bonds. The number of halogens is 6. The maximum atomic E-state index is 13.4. The van der Waals surface area contributed by atoms with Crippen LogP contribution in [0.25, 0.3) is 22.3 Å². The van der Waals surface area contributed by atoms with Gasteiger partial charge in [0.25, 0.3) is 0 Å². The van der Waals surface area contributed by atoms with Crippen LogP contribution in [0.5, 0.6) is 5.75 Å². The number of ketones is 1. The molecule has 1 aliphatic carbocycles. The maximum Gasteiger partial charge on any atom is 0.426 e. The molecule has 3 nitrogen and oxygen atoms in total. The van der Waals surface area contributed by atoms with Crippen molar-refractivity contribution in [1.82, 2.24) is 0 Å². The molecule has 0 saturated carbocycles. The fourth-order valence-corrected chi connectivity index (χ4v) is 6.66. The number of aliphatic hydroxyl groups is 1. The van der Waals surface area contributed by atoms with Crippen LogP contribution in [0.2, 0.25) is 0 Å². The van der Waals surface area contributed by atoms with Gasteiger partial charge in [0.2, 0.25) is 0 Å². The van der Waals surface area contributed by atoms with Crippen molar-refractivity contribution in [2.45, 2.75) is 38.4 Å². The van der Waals surface area contributed by atoms with Gasteiger partial charge in [-0.05, 0) is 53.4 Å². The Hall–Kier alpha value is -3.93. The van der Waals surface area contributed by atoms with Gasteiger partial charge in [-0.2, -0.15) is 26.3 Å². The SMILES string of the molecule is O=C1CCc2cc(OCc3cc(-c4ccccc4)c(C(F)(F)F)s3)ccc21.OCc1cc(-c2ccccc2)c(C(F)(F)F)s1. The van der Waals surface area contributed by atoms with Crippen LogP contribution in [0.15, 0.2) is 91.0 Å². The number of thiophene rings is 2. The van der Waals surface area contributed by atoms with Crippen molar-refractivity contribution in [2.75, 3.05) is 0 Å². The maximum absolute atomic E-state index is 13.4. The highest BCUT2D eigenvalue weighted by Crippen LogP contribution is 2.44. The fourth-order valence-electron chi connectivity index (χ4n) is 4.79. The Balaban J connectivity index is 0.000000195. The molecule has 0 atom stereocenters. The summed E-state index contributed by atoms with van der Waals surface area (Å²) in [6.07, 6.45) is -7.62. The van der Waals surface area contributed by atoms with Crippen LogP contribution in [0, 0.1) is 0 Å². The molecule has 3 aromatic carbocycles. The Morgan fingerprint density at radius 1 is 0.659 bits per heavy atom. The van der Waals surface area contributed by atoms with E-state index in [1.807, 2.05) is 0 Å². The highest BCUT2D eigenvalue weighted by Gasteiger charge is 2.37. The number of hydrogen-bond donors (Lipinski definition) is 1. The third-order valence-electron chi connectivity index (χ3n) is 6.79. The van der Waals surface area contributed by atoms with Crippen LogP contribution >= 0.6 is 22.7 Å². The van der Waals surface area contributed by atoms with Crippen molar-refractivity contribution in [2.24, 2.45) is 0 Å². The molecule has 11 heteroatoms. The standard InChI is InChI=1S/C21H15F3O2S.C12H9F3OS/c22-21(23,24)20-18(13-4-2-1-3-5-13)11-16(27-20)12-26-15-7-8-17-14(10-15)6-9-19(17)25;13-12(14,15)11-10(6-9(7-16)17-11)8-4-2-1-3-5-8/h1-5,7-8,10-11H,6,9,12H2;1-6,16H,7H2. The van der Waals surface area contributed by atoms with Gasteiger partial charge < -0.3 is 9.84 Å². The van der Waals surface area contributed by atoms with Gasteiger partial charge >= 0.3 is 12.4 Å². The summed E-state index contributed by atoms with van der Waals surface area (Å²) < 4.78 is 84.4. The highest BCUT2D eigenvalue weighted by molar-refractivity contribution is 7.13. The largest absolute Gasteiger partial charge is 0.488 e. The van der Waals surface area contributed by atoms with E-state index in [1.54, 1.807) is 84.9 Å². The number of rotatable bonds is 6. The first kappa shape index (κ1) is 31.5. The molecule has 0 saturated heterocycles. The molecule has 6 rings (SSSR count). The lowest BCUT2D eigenvalue weighted by atomic mass is 10.1. The summed E-state index contributed by atoms with van der Waals surface area (Å²) in [5, 5.41) is 8.93. The van der Waals surface area contributed by atoms with E-state index >= 15 is 0 Å². The minimum absolute atomic E-state index is 0.0489. The number of hydrogen-bond acceptors (Lipinski definition) is 5. The summed E-state index contributed by atoms with van der Waals surface area (Å²) in [4.78, 5) is 11.2. The fraction of sp³-hybridized carbons (Fsp3) is 0.182. The average molecular weight is 647 g/mol. The molecule has 5 aromatic rings. The van der Waals surface area contributed by atoms with Gasteiger partial charge in [0, 0.05) is 32.9 Å². The normalized spacial score (nSPS) is 12.9. The molecular weight excluding hydrogens is 622 g/mol. The number of Topliss-reactive ketones (excluding diaryl/α,β-unsaturated/α-hetero) is 1. The van der Waals surface area contributed by atoms with E-state index in [1.165, 1.54) is 6.07 Å². The zero-order chi connectivity index (χ0) is 31.5. The summed E-state index contributed by atoms with van der Waals surface area (Å²) in [5.41, 5.74) is 2.99. The van der Waals surface area contributed by atoms with Crippen molar-refractivity contribution in [1.29, 1.82) is 0 Å². The van der Waals surface area contributed by atoms with Crippen LogP contribution in [0.1, 0.15) is 41.9 Å². The van der Waals surface area contributed by atoms with E-state index in [2.05, 4.69) is 0 Å². The number of alkyl halides is 6. The topological polar surface area (TPSA) is 46.5 Å². The Morgan fingerprint density at radius 3 is 1.70 bits per heavy atom. The predicted octanol–water partition coefficient (Wildman–Crippen LogP) is 10.1. The number of ether oxygens (including phenoxy) is 1. The van der Waals surface area contributed by atoms with Crippen molar-refractivity contribution in [3.8, 4) is 28.0 Å². The molecule has 0 radical (unpaired) electrons. The highest BCUT2D eigenvalue weighted by atomic mass is 32.1. The first-order valence-electron chi connectivity index (χ1n) is 13.3. The summed E-state index contributed by atoms with van der Waals surface area (Å²) >= 11 is 1.29. The second kappa shape index (κ2) is 13.0. The number of aryl methyl sites for hydroxylation is 1. The lowest BCUT2D eigenvalue weighted by Gasteiger charge is -2.07. The predicted molar refractivity (Wildman–Crippen MR) is 159 cm³/mol. The van der Waals surface area contributed by atoms with Crippen molar-refractivity contribution < 1.29 is 41.0 Å². The molecule has 1 aliphatic rings. The molecule has 2 aromatic heterocycles. The molecule has 228 valence electrons. The van der Waals surface area contributed by atoms with E-state index in [-0.39, 0.29) is 30.1 Å². The Morgan fingerprint density at radius 2 is 1.18 bits per heavy atom. The molecule has 1 N–H and O–H groups in total. The second-order valence-electron chi connectivity index (χ2n) is 9.83. The van der Waals surface area contributed by atoms with E-state index in [0.29, 0.717) is 67.7 Å². The molecule has 0 bridgehead atoms. The minimum Gasteiger partial charge on any atom is -0.488 e. The zero-order valence-electron chi connectivity index (χ0n) is 22.8. The third kappa shape index (κ3) is 7.23. The van der Waals surface area contributed by atoms with Crippen molar-refractivity contribution >= 4 is 28.5 Å². The molecule has 0 spiro atoms. The van der Waals surface area contributed by atoms with Gasteiger partial charge in [-0.15, -0.1) is 22.7 Å². The number of benzene rings is 3. The summed E-state index contributed by atoms with van der Waals surface area (Å²) in [5.74, 6) is 0.684. The average Bonchev–Trinajstić information content (AvgIpc) is 3.74. The number of aliphatic hydroxyl groups excluding tert-OH is 1. The monoisotopic (exact) mass is 646 g/mol. The lowest BCUT2D eigenvalue weighted by molar-refractivity contribution is -0.134. The lowest BCUT2D eigenvalue weighted by Crippen LogP contribution is -2.03. The van der Waals surface area contributed by atoms with Gasteiger partial charge in [0.1, 0.15) is 22.1 Å². The first-order valence-corrected chi connectivity index (χ1v) is 15.0. The van der Waals surface area contributed by atoms with E-state index in [9.17, 15) is 31.1 Å². The Labute approximate surface area is 257 Å². The van der Waals surface area contributed by atoms with Gasteiger partial charge in [-0.25, -0.2) is 0 Å². The van der Waals surface area contributed by atoms with Gasteiger partial charge in [-0.3, -0.25) is 4.79 Å². The van der Waals surface area contributed by atoms with Crippen LogP contribution in [0.4, 0.5) is 26.3 Å². The summed E-state index contributed by atoms with van der Waals surface area (Å²) in [7, 11) is 0. The third-order valence-corrected chi connectivity index (χ3v) is 9.10. The summed E-state index contributed by atoms with van der Waals surface area (Å²) in [6, 6.07) is 25.1. The zero-order valence-corrected chi connectivity index (χ0v) is 24.5. The molecule has 0 fully saturated rings. The molecule has 44 heavy (non-hydrogen) atoms. The number of carbonyl (C=O) groups excluding carboxylic acids is 1. The first-order chi connectivity index (χ1) is 20.9. The van der Waals surface area contributed by atoms with E-state index in [0.717, 1.165) is 5.56 Å². The molecule has 0 aliphatic heterocycles. The van der Waals surface area contributed by atoms with E-state index < -0.39 is 22.1 Å². The van der Waals surface area contributed by atoms with Crippen LogP contribution < -0.4 is 4.74 Å². The second-order valence-corrected chi connectivity index (χ2v) is 12.1. The quantitative estimate of drug-likeness (QED) is 0.187. The minimum atomic E-state index is -4.41. The smallest absolute Gasteiger partial charge is 0.426 e. The number of carbonyl (C=O) groups is 1. The Bertz CT molecular complexity index is 1740. The number of fused-ring (bicyclic) bond motifs is 1. The van der Waals surface area contributed by atoms with E-state index in [4.69, 9.17) is 9.84 Å². The van der Waals surface area contributed by atoms with Crippen LogP contribution in [-0.2, 0) is 32.0 Å².